The molecule has 0 aromatic heterocycles. The second kappa shape index (κ2) is 4.07. The van der Waals surface area contributed by atoms with Crippen LogP contribution >= 0.6 is 0 Å². The lowest BCUT2D eigenvalue weighted by Crippen LogP contribution is -2.21. The molecule has 0 saturated heterocycles. The van der Waals surface area contributed by atoms with Crippen LogP contribution in [0, 0.1) is 11.6 Å². The number of halogens is 5. The third kappa shape index (κ3) is 2.29. The average Bonchev–Trinajstić information content (AvgIpc) is 2.14. The Labute approximate surface area is 87.1 Å². The highest BCUT2D eigenvalue weighted by molar-refractivity contribution is 5.94. The predicted molar refractivity (Wildman–Crippen MR) is 44.8 cm³/mol. The van der Waals surface area contributed by atoms with E-state index in [1.807, 2.05) is 5.32 Å². The minimum Gasteiger partial charge on any atom is -0.355 e. The lowest BCUT2D eigenvalue weighted by Gasteiger charge is -2.09. The van der Waals surface area contributed by atoms with Gasteiger partial charge in [-0.25, -0.2) is 8.78 Å². The summed E-state index contributed by atoms with van der Waals surface area (Å²) in [5.41, 5.74) is -2.51. The van der Waals surface area contributed by atoms with Crippen molar-refractivity contribution >= 4 is 5.91 Å². The van der Waals surface area contributed by atoms with Crippen molar-refractivity contribution in [3.63, 3.8) is 0 Å². The molecule has 1 N–H and O–H groups in total. The van der Waals surface area contributed by atoms with Crippen molar-refractivity contribution in [3.05, 3.63) is 34.9 Å². The van der Waals surface area contributed by atoms with Gasteiger partial charge < -0.3 is 5.32 Å². The van der Waals surface area contributed by atoms with E-state index in [1.54, 1.807) is 0 Å². The Morgan fingerprint density at radius 1 is 1.19 bits per heavy atom. The van der Waals surface area contributed by atoms with Gasteiger partial charge in [-0.3, -0.25) is 4.79 Å². The number of rotatable bonds is 1. The van der Waals surface area contributed by atoms with Crippen molar-refractivity contribution < 1.29 is 26.7 Å². The summed E-state index contributed by atoms with van der Waals surface area (Å²) in [6.07, 6.45) is -4.86. The minimum absolute atomic E-state index is 0.0770. The van der Waals surface area contributed by atoms with E-state index in [1.165, 1.54) is 0 Å². The molecule has 1 aromatic carbocycles. The van der Waals surface area contributed by atoms with E-state index in [0.717, 1.165) is 7.05 Å². The molecule has 16 heavy (non-hydrogen) atoms. The number of benzene rings is 1. The number of hydrogen-bond acceptors (Lipinski definition) is 1. The quantitative estimate of drug-likeness (QED) is 0.749. The third-order valence-corrected chi connectivity index (χ3v) is 1.82. The molecule has 0 bridgehead atoms. The number of carbonyl (C=O) groups excluding carboxylic acids is 1. The molecule has 0 radical (unpaired) electrons. The largest absolute Gasteiger partial charge is 0.416 e. The van der Waals surface area contributed by atoms with Crippen molar-refractivity contribution in [3.8, 4) is 0 Å². The zero-order valence-electron chi connectivity index (χ0n) is 7.95. The van der Waals surface area contributed by atoms with Crippen molar-refractivity contribution in [2.75, 3.05) is 7.05 Å². The molecule has 1 amide bonds. The fourth-order valence-electron chi connectivity index (χ4n) is 1.08. The van der Waals surface area contributed by atoms with Gasteiger partial charge in [0.2, 0.25) is 0 Å². The normalized spacial score (nSPS) is 11.4. The average molecular weight is 239 g/mol. The number of alkyl halides is 3. The lowest BCUT2D eigenvalue weighted by molar-refractivity contribution is -0.138. The zero-order valence-corrected chi connectivity index (χ0v) is 7.95. The standard InChI is InChI=1S/C9H6F5NO/c1-15-8(16)7-5(10)2-4(3-6(7)11)9(12,13)14/h2-3H,1H3,(H,15,16). The molecular formula is C9H6F5NO. The summed E-state index contributed by atoms with van der Waals surface area (Å²) in [4.78, 5) is 10.9. The molecule has 2 nitrogen and oxygen atoms in total. The topological polar surface area (TPSA) is 29.1 Å². The fourth-order valence-corrected chi connectivity index (χ4v) is 1.08. The maximum absolute atomic E-state index is 13.1. The van der Waals surface area contributed by atoms with E-state index >= 15 is 0 Å². The Balaban J connectivity index is 3.34. The van der Waals surface area contributed by atoms with E-state index in [2.05, 4.69) is 0 Å². The Kier molecular flexibility index (Phi) is 3.16. The van der Waals surface area contributed by atoms with E-state index in [9.17, 15) is 26.7 Å². The van der Waals surface area contributed by atoms with Crippen LogP contribution < -0.4 is 5.32 Å². The van der Waals surface area contributed by atoms with Crippen molar-refractivity contribution in [2.45, 2.75) is 6.18 Å². The molecule has 1 rings (SSSR count). The molecule has 0 aliphatic rings. The Hall–Kier alpha value is -1.66. The van der Waals surface area contributed by atoms with Gasteiger partial charge in [0.15, 0.2) is 0 Å². The van der Waals surface area contributed by atoms with Gasteiger partial charge in [-0.1, -0.05) is 0 Å². The smallest absolute Gasteiger partial charge is 0.355 e. The summed E-state index contributed by atoms with van der Waals surface area (Å²) in [5.74, 6) is -4.22. The summed E-state index contributed by atoms with van der Waals surface area (Å²) in [5, 5.41) is 1.92. The summed E-state index contributed by atoms with van der Waals surface area (Å²) in [6, 6.07) is 0.154. The summed E-state index contributed by atoms with van der Waals surface area (Å²) < 4.78 is 62.5. The van der Waals surface area contributed by atoms with E-state index in [-0.39, 0.29) is 12.1 Å². The number of hydrogen-bond donors (Lipinski definition) is 1. The Bertz CT molecular complexity index is 403. The maximum Gasteiger partial charge on any atom is 0.416 e. The molecule has 0 atom stereocenters. The van der Waals surface area contributed by atoms with Crippen LogP contribution in [0.2, 0.25) is 0 Å². The van der Waals surface area contributed by atoms with E-state index < -0.39 is 34.8 Å². The highest BCUT2D eigenvalue weighted by Crippen LogP contribution is 2.31. The number of nitrogens with one attached hydrogen (secondary N) is 1. The molecule has 0 spiro atoms. The van der Waals surface area contributed by atoms with Gasteiger partial charge in [0, 0.05) is 7.05 Å². The van der Waals surface area contributed by atoms with Crippen LogP contribution in [0.4, 0.5) is 22.0 Å². The van der Waals surface area contributed by atoms with Crippen LogP contribution in [-0.2, 0) is 6.18 Å². The van der Waals surface area contributed by atoms with E-state index in [4.69, 9.17) is 0 Å². The fraction of sp³-hybridized carbons (Fsp3) is 0.222. The van der Waals surface area contributed by atoms with Crippen molar-refractivity contribution in [1.82, 2.24) is 5.32 Å². The first kappa shape index (κ1) is 12.4. The van der Waals surface area contributed by atoms with Gasteiger partial charge in [0.05, 0.1) is 5.56 Å². The minimum atomic E-state index is -4.86. The third-order valence-electron chi connectivity index (χ3n) is 1.82. The van der Waals surface area contributed by atoms with Crippen LogP contribution in [0.25, 0.3) is 0 Å². The van der Waals surface area contributed by atoms with Crippen LogP contribution in [0.15, 0.2) is 12.1 Å². The lowest BCUT2D eigenvalue weighted by atomic mass is 10.1. The highest BCUT2D eigenvalue weighted by atomic mass is 19.4. The molecule has 0 saturated carbocycles. The second-order valence-electron chi connectivity index (χ2n) is 2.89. The van der Waals surface area contributed by atoms with Gasteiger partial charge in [-0.2, -0.15) is 13.2 Å². The molecule has 0 heterocycles. The Morgan fingerprint density at radius 3 is 1.94 bits per heavy atom. The molecule has 0 aliphatic carbocycles. The van der Waals surface area contributed by atoms with Gasteiger partial charge in [0.25, 0.3) is 5.91 Å². The first-order valence-electron chi connectivity index (χ1n) is 4.05. The van der Waals surface area contributed by atoms with Crippen LogP contribution in [-0.4, -0.2) is 13.0 Å². The van der Waals surface area contributed by atoms with Gasteiger partial charge in [0.1, 0.15) is 17.2 Å². The monoisotopic (exact) mass is 239 g/mol. The molecular weight excluding hydrogens is 233 g/mol. The van der Waals surface area contributed by atoms with Crippen molar-refractivity contribution in [1.29, 1.82) is 0 Å². The first-order chi connectivity index (χ1) is 7.27. The zero-order chi connectivity index (χ0) is 12.5. The summed E-state index contributed by atoms with van der Waals surface area (Å²) in [7, 11) is 1.11. The van der Waals surface area contributed by atoms with Crippen LogP contribution in [0.1, 0.15) is 15.9 Å². The van der Waals surface area contributed by atoms with Crippen LogP contribution in [0.5, 0.6) is 0 Å². The molecule has 88 valence electrons. The van der Waals surface area contributed by atoms with Crippen molar-refractivity contribution in [2.24, 2.45) is 0 Å². The summed E-state index contributed by atoms with van der Waals surface area (Å²) >= 11 is 0. The predicted octanol–water partition coefficient (Wildman–Crippen LogP) is 2.34. The SMILES string of the molecule is CNC(=O)c1c(F)cc(C(F)(F)F)cc1F. The highest BCUT2D eigenvalue weighted by Gasteiger charge is 2.33. The van der Waals surface area contributed by atoms with E-state index in [0.29, 0.717) is 0 Å². The molecule has 0 fully saturated rings. The molecule has 0 unspecified atom stereocenters. The number of carbonyl (C=O) groups is 1. The first-order valence-corrected chi connectivity index (χ1v) is 4.05. The summed E-state index contributed by atoms with van der Waals surface area (Å²) in [6.45, 7) is 0. The molecule has 7 heteroatoms. The van der Waals surface area contributed by atoms with Gasteiger partial charge >= 0.3 is 6.18 Å². The number of amides is 1. The van der Waals surface area contributed by atoms with Gasteiger partial charge in [-0.15, -0.1) is 0 Å². The second-order valence-corrected chi connectivity index (χ2v) is 2.89. The molecule has 0 aliphatic heterocycles. The van der Waals surface area contributed by atoms with Gasteiger partial charge in [-0.05, 0) is 12.1 Å². The molecule has 1 aromatic rings. The van der Waals surface area contributed by atoms with Crippen LogP contribution in [0.3, 0.4) is 0 Å². The maximum atomic E-state index is 13.1. The Morgan fingerprint density at radius 2 is 1.62 bits per heavy atom.